The number of hydrogen-bond acceptors (Lipinski definition) is 7. The number of anilines is 1. The number of aromatic nitrogens is 4. The number of halogens is 1. The highest BCUT2D eigenvalue weighted by atomic mass is 35.5. The Morgan fingerprint density at radius 1 is 1.21 bits per heavy atom. The number of nitrogens with zero attached hydrogens (tertiary/aromatic N) is 5. The maximum atomic E-state index is 12.7. The van der Waals surface area contributed by atoms with Gasteiger partial charge in [-0.15, -0.1) is 0 Å². The summed E-state index contributed by atoms with van der Waals surface area (Å²) < 4.78 is 12.5. The Labute approximate surface area is 173 Å². The Morgan fingerprint density at radius 2 is 1.97 bits per heavy atom. The van der Waals surface area contributed by atoms with Crippen molar-refractivity contribution in [2.45, 2.75) is 39.5 Å². The van der Waals surface area contributed by atoms with E-state index in [1.165, 1.54) is 4.68 Å². The molecule has 1 aliphatic rings. The van der Waals surface area contributed by atoms with Crippen molar-refractivity contribution in [2.75, 3.05) is 18.0 Å². The van der Waals surface area contributed by atoms with Gasteiger partial charge in [-0.05, 0) is 32.9 Å². The molecule has 1 aliphatic heterocycles. The number of rotatable bonds is 4. The van der Waals surface area contributed by atoms with Gasteiger partial charge in [-0.1, -0.05) is 16.8 Å². The van der Waals surface area contributed by atoms with E-state index in [4.69, 9.17) is 20.9 Å². The molecule has 29 heavy (non-hydrogen) atoms. The topological polar surface area (TPSA) is 86.3 Å². The summed E-state index contributed by atoms with van der Waals surface area (Å²) in [6.45, 7) is 7.58. The van der Waals surface area contributed by atoms with E-state index in [0.29, 0.717) is 16.6 Å². The van der Waals surface area contributed by atoms with Gasteiger partial charge in [0.05, 0.1) is 30.6 Å². The first kappa shape index (κ1) is 19.6. The molecule has 0 aromatic carbocycles. The molecule has 0 amide bonds. The summed E-state index contributed by atoms with van der Waals surface area (Å²) in [4.78, 5) is 19.0. The summed E-state index contributed by atoms with van der Waals surface area (Å²) in [5, 5.41) is 8.91. The van der Waals surface area contributed by atoms with Gasteiger partial charge in [-0.25, -0.2) is 9.67 Å². The molecule has 9 heteroatoms. The van der Waals surface area contributed by atoms with E-state index in [-0.39, 0.29) is 24.3 Å². The molecule has 4 rings (SSSR count). The SMILES string of the molecule is Cc1onc(-c2ccc(Cl)nc2)c1Cn1ncc(N2CC(C)OC(C)C2)cc1=O. The Morgan fingerprint density at radius 3 is 2.62 bits per heavy atom. The van der Waals surface area contributed by atoms with Gasteiger partial charge in [0.1, 0.15) is 16.6 Å². The Kier molecular flexibility index (Phi) is 5.38. The number of aryl methyl sites for hydroxylation is 1. The quantitative estimate of drug-likeness (QED) is 0.605. The largest absolute Gasteiger partial charge is 0.372 e. The lowest BCUT2D eigenvalue weighted by molar-refractivity contribution is -0.00525. The minimum Gasteiger partial charge on any atom is -0.372 e. The lowest BCUT2D eigenvalue weighted by Crippen LogP contribution is -2.46. The van der Waals surface area contributed by atoms with Crippen LogP contribution in [0.15, 0.2) is 39.9 Å². The summed E-state index contributed by atoms with van der Waals surface area (Å²) >= 11 is 5.87. The summed E-state index contributed by atoms with van der Waals surface area (Å²) in [6.07, 6.45) is 3.56. The van der Waals surface area contributed by atoms with Gasteiger partial charge >= 0.3 is 0 Å². The fourth-order valence-electron chi connectivity index (χ4n) is 3.57. The van der Waals surface area contributed by atoms with Crippen LogP contribution in [0.2, 0.25) is 5.15 Å². The van der Waals surface area contributed by atoms with Crippen LogP contribution in [0.4, 0.5) is 5.69 Å². The van der Waals surface area contributed by atoms with Crippen LogP contribution >= 0.6 is 11.6 Å². The van der Waals surface area contributed by atoms with E-state index in [1.807, 2.05) is 26.8 Å². The predicted octanol–water partition coefficient (Wildman–Crippen LogP) is 2.92. The first-order chi connectivity index (χ1) is 13.9. The van der Waals surface area contributed by atoms with Crippen LogP contribution in [0.25, 0.3) is 11.3 Å². The molecule has 0 N–H and O–H groups in total. The van der Waals surface area contributed by atoms with Gasteiger partial charge in [0.25, 0.3) is 5.56 Å². The summed E-state index contributed by atoms with van der Waals surface area (Å²) in [5.74, 6) is 0.628. The number of pyridine rings is 1. The van der Waals surface area contributed by atoms with E-state index < -0.39 is 0 Å². The smallest absolute Gasteiger partial charge is 0.269 e. The maximum absolute atomic E-state index is 12.7. The molecule has 1 saturated heterocycles. The Bertz CT molecular complexity index is 1050. The van der Waals surface area contributed by atoms with E-state index in [0.717, 1.165) is 29.9 Å². The van der Waals surface area contributed by atoms with E-state index in [1.54, 1.807) is 24.5 Å². The van der Waals surface area contributed by atoms with Crippen LogP contribution in [0, 0.1) is 6.92 Å². The van der Waals surface area contributed by atoms with Gasteiger partial charge in [0.15, 0.2) is 0 Å². The van der Waals surface area contributed by atoms with E-state index >= 15 is 0 Å². The molecule has 4 heterocycles. The van der Waals surface area contributed by atoms with Crippen molar-refractivity contribution in [1.82, 2.24) is 19.9 Å². The monoisotopic (exact) mass is 415 g/mol. The van der Waals surface area contributed by atoms with Gasteiger partial charge in [0, 0.05) is 36.5 Å². The molecule has 0 aliphatic carbocycles. The van der Waals surface area contributed by atoms with Crippen molar-refractivity contribution in [2.24, 2.45) is 0 Å². The first-order valence-corrected chi connectivity index (χ1v) is 9.83. The molecule has 2 atom stereocenters. The second-order valence-electron chi connectivity index (χ2n) is 7.31. The zero-order chi connectivity index (χ0) is 20.5. The maximum Gasteiger partial charge on any atom is 0.269 e. The molecule has 2 unspecified atom stereocenters. The zero-order valence-electron chi connectivity index (χ0n) is 16.5. The third kappa shape index (κ3) is 4.18. The molecule has 0 saturated carbocycles. The lowest BCUT2D eigenvalue weighted by atomic mass is 10.1. The molecule has 0 radical (unpaired) electrons. The fourth-order valence-corrected chi connectivity index (χ4v) is 3.69. The standard InChI is InChI=1S/C20H22ClN5O3/c1-12-9-25(10-13(2)28-12)16-6-19(27)26(23-8-16)11-17-14(3)29-24-20(17)15-4-5-18(21)22-7-15/h4-8,12-13H,9-11H2,1-3H3. The van der Waals surface area contributed by atoms with Gasteiger partial charge in [-0.3, -0.25) is 4.79 Å². The Balaban J connectivity index is 1.60. The first-order valence-electron chi connectivity index (χ1n) is 9.45. The summed E-state index contributed by atoms with van der Waals surface area (Å²) in [6, 6.07) is 5.12. The minimum atomic E-state index is -0.185. The molecule has 152 valence electrons. The molecular formula is C20H22ClN5O3. The van der Waals surface area contributed by atoms with Crippen LogP contribution in [0.1, 0.15) is 25.2 Å². The summed E-state index contributed by atoms with van der Waals surface area (Å²) in [7, 11) is 0. The number of morpholine rings is 1. The third-order valence-electron chi connectivity index (χ3n) is 4.93. The number of hydrogen-bond donors (Lipinski definition) is 0. The van der Waals surface area contributed by atoms with Crippen LogP contribution in [-0.4, -0.2) is 45.2 Å². The molecule has 8 nitrogen and oxygen atoms in total. The van der Waals surface area contributed by atoms with Crippen LogP contribution in [0.3, 0.4) is 0 Å². The second-order valence-corrected chi connectivity index (χ2v) is 7.69. The molecule has 3 aromatic rings. The van der Waals surface area contributed by atoms with Crippen molar-refractivity contribution < 1.29 is 9.26 Å². The lowest BCUT2D eigenvalue weighted by Gasteiger charge is -2.36. The van der Waals surface area contributed by atoms with Crippen molar-refractivity contribution in [3.05, 3.63) is 57.4 Å². The van der Waals surface area contributed by atoms with E-state index in [9.17, 15) is 4.79 Å². The number of ether oxygens (including phenoxy) is 1. The normalized spacial score (nSPS) is 19.5. The van der Waals surface area contributed by atoms with Gasteiger partial charge in [0.2, 0.25) is 0 Å². The highest BCUT2D eigenvalue weighted by molar-refractivity contribution is 6.29. The van der Waals surface area contributed by atoms with Gasteiger partial charge < -0.3 is 14.2 Å². The zero-order valence-corrected chi connectivity index (χ0v) is 17.3. The molecular weight excluding hydrogens is 394 g/mol. The Hall–Kier alpha value is -2.71. The highest BCUT2D eigenvalue weighted by Gasteiger charge is 2.23. The highest BCUT2D eigenvalue weighted by Crippen LogP contribution is 2.26. The van der Waals surface area contributed by atoms with Crippen molar-refractivity contribution in [1.29, 1.82) is 0 Å². The van der Waals surface area contributed by atoms with Crippen LogP contribution in [0.5, 0.6) is 0 Å². The van der Waals surface area contributed by atoms with E-state index in [2.05, 4.69) is 20.1 Å². The van der Waals surface area contributed by atoms with Gasteiger partial charge in [-0.2, -0.15) is 5.10 Å². The molecule has 0 bridgehead atoms. The predicted molar refractivity (Wildman–Crippen MR) is 109 cm³/mol. The molecule has 1 fully saturated rings. The van der Waals surface area contributed by atoms with Crippen LogP contribution < -0.4 is 10.5 Å². The second kappa shape index (κ2) is 7.96. The van der Waals surface area contributed by atoms with Crippen molar-refractivity contribution in [3.63, 3.8) is 0 Å². The summed E-state index contributed by atoms with van der Waals surface area (Å²) in [5.41, 5.74) is 2.79. The average Bonchev–Trinajstić information content (AvgIpc) is 3.04. The molecule has 3 aromatic heterocycles. The minimum absolute atomic E-state index is 0.108. The van der Waals surface area contributed by atoms with Crippen molar-refractivity contribution >= 4 is 17.3 Å². The third-order valence-corrected chi connectivity index (χ3v) is 5.16. The average molecular weight is 416 g/mol. The molecule has 0 spiro atoms. The fraction of sp³-hybridized carbons (Fsp3) is 0.400. The van der Waals surface area contributed by atoms with Crippen LogP contribution in [-0.2, 0) is 11.3 Å². The van der Waals surface area contributed by atoms with Crippen molar-refractivity contribution in [3.8, 4) is 11.3 Å².